The standard InChI is InChI=1S/C19H18FN5O3/c1-11-10-15(24-28-11)22-19(27)17-23-16(14-4-2-3-9-25(14)17)18(26)21-13-7-5-12(20)6-8-13/h5-8,10H,2-4,9H2,1H3,(H,21,26)(H,22,24,27). The van der Waals surface area contributed by atoms with E-state index in [9.17, 15) is 14.0 Å². The summed E-state index contributed by atoms with van der Waals surface area (Å²) in [6.45, 7) is 2.32. The average molecular weight is 383 g/mol. The van der Waals surface area contributed by atoms with Crippen molar-refractivity contribution in [1.82, 2.24) is 14.7 Å². The van der Waals surface area contributed by atoms with Gasteiger partial charge < -0.3 is 19.7 Å². The molecule has 28 heavy (non-hydrogen) atoms. The number of carbonyl (C=O) groups is 2. The number of halogens is 1. The van der Waals surface area contributed by atoms with Gasteiger partial charge in [0.25, 0.3) is 11.8 Å². The predicted octanol–water partition coefficient (Wildman–Crippen LogP) is 3.16. The molecule has 4 rings (SSSR count). The maximum Gasteiger partial charge on any atom is 0.292 e. The van der Waals surface area contributed by atoms with Gasteiger partial charge in [-0.3, -0.25) is 9.59 Å². The number of aromatic nitrogens is 3. The number of anilines is 2. The van der Waals surface area contributed by atoms with Crippen molar-refractivity contribution in [2.45, 2.75) is 32.7 Å². The molecule has 0 unspecified atom stereocenters. The van der Waals surface area contributed by atoms with Gasteiger partial charge >= 0.3 is 0 Å². The molecule has 1 aliphatic rings. The van der Waals surface area contributed by atoms with E-state index in [2.05, 4.69) is 20.8 Å². The maximum atomic E-state index is 13.1. The molecule has 144 valence electrons. The van der Waals surface area contributed by atoms with Crippen molar-refractivity contribution in [2.24, 2.45) is 0 Å². The molecule has 0 spiro atoms. The van der Waals surface area contributed by atoms with E-state index in [1.165, 1.54) is 24.3 Å². The number of hydrogen-bond acceptors (Lipinski definition) is 5. The number of amides is 2. The van der Waals surface area contributed by atoms with Gasteiger partial charge in [-0.1, -0.05) is 5.16 Å². The lowest BCUT2D eigenvalue weighted by atomic mass is 10.1. The van der Waals surface area contributed by atoms with E-state index in [1.807, 2.05) is 0 Å². The number of hydrogen-bond donors (Lipinski definition) is 2. The van der Waals surface area contributed by atoms with Gasteiger partial charge in [0.15, 0.2) is 17.3 Å². The molecular weight excluding hydrogens is 365 g/mol. The smallest absolute Gasteiger partial charge is 0.292 e. The molecule has 8 nitrogen and oxygen atoms in total. The highest BCUT2D eigenvalue weighted by atomic mass is 19.1. The van der Waals surface area contributed by atoms with Crippen LogP contribution in [0, 0.1) is 12.7 Å². The quantitative estimate of drug-likeness (QED) is 0.721. The van der Waals surface area contributed by atoms with Crippen molar-refractivity contribution in [2.75, 3.05) is 10.6 Å². The van der Waals surface area contributed by atoms with Crippen LogP contribution in [-0.2, 0) is 13.0 Å². The first-order chi connectivity index (χ1) is 13.5. The minimum atomic E-state index is -0.461. The highest BCUT2D eigenvalue weighted by Crippen LogP contribution is 2.23. The molecule has 0 saturated heterocycles. The van der Waals surface area contributed by atoms with Crippen LogP contribution in [0.2, 0.25) is 0 Å². The third-order valence-corrected chi connectivity index (χ3v) is 4.51. The molecular formula is C19H18FN5O3. The van der Waals surface area contributed by atoms with Crippen LogP contribution in [0.3, 0.4) is 0 Å². The van der Waals surface area contributed by atoms with Gasteiger partial charge in [0.05, 0.1) is 5.69 Å². The maximum absolute atomic E-state index is 13.1. The van der Waals surface area contributed by atoms with E-state index >= 15 is 0 Å². The Hall–Kier alpha value is -3.49. The Balaban J connectivity index is 1.61. The molecule has 1 aliphatic heterocycles. The summed E-state index contributed by atoms with van der Waals surface area (Å²) in [5.41, 5.74) is 1.37. The van der Waals surface area contributed by atoms with E-state index in [-0.39, 0.29) is 23.2 Å². The van der Waals surface area contributed by atoms with Gasteiger partial charge in [0.1, 0.15) is 11.6 Å². The third-order valence-electron chi connectivity index (χ3n) is 4.51. The topological polar surface area (TPSA) is 102 Å². The Bertz CT molecular complexity index is 1040. The third kappa shape index (κ3) is 3.51. The molecule has 0 fully saturated rings. The summed E-state index contributed by atoms with van der Waals surface area (Å²) in [4.78, 5) is 29.7. The van der Waals surface area contributed by atoms with Gasteiger partial charge in [-0.15, -0.1) is 0 Å². The summed E-state index contributed by atoms with van der Waals surface area (Å²) in [6, 6.07) is 7.06. The lowest BCUT2D eigenvalue weighted by molar-refractivity contribution is 0.101. The van der Waals surface area contributed by atoms with E-state index < -0.39 is 11.8 Å². The van der Waals surface area contributed by atoms with Crippen molar-refractivity contribution >= 4 is 23.3 Å². The molecule has 3 heterocycles. The van der Waals surface area contributed by atoms with E-state index in [4.69, 9.17) is 4.52 Å². The van der Waals surface area contributed by atoms with Crippen molar-refractivity contribution in [3.63, 3.8) is 0 Å². The molecule has 2 amide bonds. The Kier molecular flexibility index (Phi) is 4.64. The summed E-state index contributed by atoms with van der Waals surface area (Å²) in [6.07, 6.45) is 2.45. The fourth-order valence-electron chi connectivity index (χ4n) is 3.22. The van der Waals surface area contributed by atoms with Gasteiger partial charge in [0.2, 0.25) is 0 Å². The second kappa shape index (κ2) is 7.26. The minimum Gasteiger partial charge on any atom is -0.360 e. The predicted molar refractivity (Wildman–Crippen MR) is 98.7 cm³/mol. The lowest BCUT2D eigenvalue weighted by Crippen LogP contribution is -2.21. The Labute approximate surface area is 159 Å². The van der Waals surface area contributed by atoms with Crippen LogP contribution in [0.25, 0.3) is 0 Å². The van der Waals surface area contributed by atoms with Crippen LogP contribution < -0.4 is 10.6 Å². The number of nitrogens with one attached hydrogen (secondary N) is 2. The first-order valence-electron chi connectivity index (χ1n) is 8.92. The number of aryl methyl sites for hydroxylation is 1. The lowest BCUT2D eigenvalue weighted by Gasteiger charge is -2.16. The summed E-state index contributed by atoms with van der Waals surface area (Å²) < 4.78 is 19.8. The van der Waals surface area contributed by atoms with Crippen molar-refractivity contribution in [3.8, 4) is 0 Å². The summed E-state index contributed by atoms with van der Waals surface area (Å²) in [7, 11) is 0. The fourth-order valence-corrected chi connectivity index (χ4v) is 3.22. The number of imidazole rings is 1. The van der Waals surface area contributed by atoms with Gasteiger partial charge in [-0.05, 0) is 50.5 Å². The minimum absolute atomic E-state index is 0.152. The molecule has 9 heteroatoms. The Morgan fingerprint density at radius 2 is 1.93 bits per heavy atom. The molecule has 0 aliphatic carbocycles. The summed E-state index contributed by atoms with van der Waals surface area (Å²) >= 11 is 0. The summed E-state index contributed by atoms with van der Waals surface area (Å²) in [5.74, 6) is -0.280. The number of fused-ring (bicyclic) bond motifs is 1. The molecule has 2 aromatic heterocycles. The summed E-state index contributed by atoms with van der Waals surface area (Å²) in [5, 5.41) is 9.08. The van der Waals surface area contributed by atoms with Crippen molar-refractivity contribution < 1.29 is 18.5 Å². The van der Waals surface area contributed by atoms with E-state index in [0.29, 0.717) is 30.1 Å². The second-order valence-corrected chi connectivity index (χ2v) is 6.58. The second-order valence-electron chi connectivity index (χ2n) is 6.58. The largest absolute Gasteiger partial charge is 0.360 e. The molecule has 2 N–H and O–H groups in total. The number of benzene rings is 1. The van der Waals surface area contributed by atoms with E-state index in [1.54, 1.807) is 17.6 Å². The number of rotatable bonds is 4. The molecule has 0 saturated carbocycles. The fraction of sp³-hybridized carbons (Fsp3) is 0.263. The molecule has 1 aromatic carbocycles. The Morgan fingerprint density at radius 3 is 2.64 bits per heavy atom. The molecule has 0 atom stereocenters. The van der Waals surface area contributed by atoms with Crippen molar-refractivity contribution in [1.29, 1.82) is 0 Å². The molecule has 0 radical (unpaired) electrons. The van der Waals surface area contributed by atoms with Crippen LogP contribution in [0.5, 0.6) is 0 Å². The zero-order valence-corrected chi connectivity index (χ0v) is 15.2. The normalized spacial score (nSPS) is 13.1. The first-order valence-corrected chi connectivity index (χ1v) is 8.92. The van der Waals surface area contributed by atoms with Crippen LogP contribution >= 0.6 is 0 Å². The Morgan fingerprint density at radius 1 is 1.14 bits per heavy atom. The van der Waals surface area contributed by atoms with Crippen LogP contribution in [0.15, 0.2) is 34.9 Å². The van der Waals surface area contributed by atoms with Gasteiger partial charge in [0, 0.05) is 18.3 Å². The SMILES string of the molecule is Cc1cc(NC(=O)c2nc(C(=O)Nc3ccc(F)cc3)c3n2CCCC3)no1. The van der Waals surface area contributed by atoms with Gasteiger partial charge in [-0.2, -0.15) is 0 Å². The van der Waals surface area contributed by atoms with Gasteiger partial charge in [-0.25, -0.2) is 9.37 Å². The van der Waals surface area contributed by atoms with E-state index in [0.717, 1.165) is 12.8 Å². The zero-order valence-electron chi connectivity index (χ0n) is 15.2. The highest BCUT2D eigenvalue weighted by Gasteiger charge is 2.28. The molecule has 3 aromatic rings. The number of carbonyl (C=O) groups excluding carboxylic acids is 2. The highest BCUT2D eigenvalue weighted by molar-refractivity contribution is 6.06. The van der Waals surface area contributed by atoms with Crippen LogP contribution in [0.4, 0.5) is 15.9 Å². The monoisotopic (exact) mass is 383 g/mol. The average Bonchev–Trinajstić information content (AvgIpc) is 3.27. The zero-order chi connectivity index (χ0) is 19.7. The first kappa shape index (κ1) is 17.9. The van der Waals surface area contributed by atoms with Crippen LogP contribution in [0.1, 0.15) is 45.4 Å². The van der Waals surface area contributed by atoms with Crippen LogP contribution in [-0.4, -0.2) is 26.5 Å². The number of nitrogens with zero attached hydrogens (tertiary/aromatic N) is 3. The van der Waals surface area contributed by atoms with Crippen molar-refractivity contribution in [3.05, 3.63) is 59.1 Å². The molecule has 0 bridgehead atoms.